The third-order valence-corrected chi connectivity index (χ3v) is 4.96. The monoisotopic (exact) mass is 368 g/mol. The fraction of sp³-hybridized carbons (Fsp3) is 0.400. The Kier molecular flexibility index (Phi) is 5.33. The molecule has 2 aromatic heterocycles. The van der Waals surface area contributed by atoms with Gasteiger partial charge in [0.1, 0.15) is 18.3 Å². The number of aliphatic hydroxyl groups is 2. The molecule has 0 radical (unpaired) electrons. The normalized spacial score (nSPS) is 20.1. The first-order valence-electron chi connectivity index (χ1n) is 9.31. The second-order valence-electron chi connectivity index (χ2n) is 6.95. The third-order valence-electron chi connectivity index (χ3n) is 4.96. The molecule has 7 nitrogen and oxygen atoms in total. The van der Waals surface area contributed by atoms with Gasteiger partial charge in [0, 0.05) is 17.3 Å². The average molecular weight is 368 g/mol. The van der Waals surface area contributed by atoms with Crippen molar-refractivity contribution >= 4 is 16.9 Å². The summed E-state index contributed by atoms with van der Waals surface area (Å²) >= 11 is 0. The summed E-state index contributed by atoms with van der Waals surface area (Å²) in [7, 11) is 0. The third kappa shape index (κ3) is 4.10. The number of rotatable bonds is 6. The van der Waals surface area contributed by atoms with Crippen LogP contribution in [0.15, 0.2) is 36.4 Å². The molecule has 2 heterocycles. The summed E-state index contributed by atoms with van der Waals surface area (Å²) in [6.07, 6.45) is 3.25. The van der Waals surface area contributed by atoms with Crippen molar-refractivity contribution in [2.24, 2.45) is 0 Å². The van der Waals surface area contributed by atoms with Crippen LogP contribution in [0.25, 0.3) is 22.4 Å². The summed E-state index contributed by atoms with van der Waals surface area (Å²) in [5, 5.41) is 23.1. The molecule has 0 atom stereocenters. The van der Waals surface area contributed by atoms with Gasteiger partial charge in [0.25, 0.3) is 0 Å². The highest BCUT2D eigenvalue weighted by atomic mass is 16.6. The van der Waals surface area contributed by atoms with Crippen LogP contribution in [0, 0.1) is 0 Å². The molecule has 0 aliphatic heterocycles. The fourth-order valence-corrected chi connectivity index (χ4v) is 3.54. The summed E-state index contributed by atoms with van der Waals surface area (Å²) in [5.74, 6) is 1.43. The number of aromatic nitrogens is 3. The number of aromatic amines is 1. The number of nitrogens with zero attached hydrogens (tertiary/aromatic N) is 2. The first-order valence-corrected chi connectivity index (χ1v) is 9.31. The number of aliphatic hydroxyl groups excluding tert-OH is 2. The maximum Gasteiger partial charge on any atom is 0.163 e. The van der Waals surface area contributed by atoms with E-state index in [4.69, 9.17) is 14.8 Å². The molecule has 1 saturated carbocycles. The van der Waals surface area contributed by atoms with Crippen molar-refractivity contribution in [1.29, 1.82) is 0 Å². The van der Waals surface area contributed by atoms with Gasteiger partial charge in [0.05, 0.1) is 18.1 Å². The molecule has 7 heteroatoms. The zero-order chi connectivity index (χ0) is 18.6. The van der Waals surface area contributed by atoms with Crippen molar-refractivity contribution < 1.29 is 14.9 Å². The zero-order valence-corrected chi connectivity index (χ0v) is 15.1. The lowest BCUT2D eigenvalue weighted by Crippen LogP contribution is -2.28. The van der Waals surface area contributed by atoms with Crippen molar-refractivity contribution in [1.82, 2.24) is 15.0 Å². The Morgan fingerprint density at radius 1 is 1.11 bits per heavy atom. The summed E-state index contributed by atoms with van der Waals surface area (Å²) < 4.78 is 5.09. The van der Waals surface area contributed by atoms with Crippen LogP contribution in [0.3, 0.4) is 0 Å². The summed E-state index contributed by atoms with van der Waals surface area (Å²) in [4.78, 5) is 12.7. The minimum absolute atomic E-state index is 0.192. The second kappa shape index (κ2) is 8.04. The highest BCUT2D eigenvalue weighted by Crippen LogP contribution is 2.29. The van der Waals surface area contributed by atoms with Crippen molar-refractivity contribution in [2.45, 2.75) is 44.4 Å². The van der Waals surface area contributed by atoms with E-state index < -0.39 is 0 Å². The lowest BCUT2D eigenvalue weighted by Gasteiger charge is -2.26. The predicted octanol–water partition coefficient (Wildman–Crippen LogP) is 2.81. The van der Waals surface area contributed by atoms with E-state index in [1.165, 1.54) is 0 Å². The van der Waals surface area contributed by atoms with E-state index in [2.05, 4.69) is 15.3 Å². The Hall–Kier alpha value is -2.48. The number of ether oxygens (including phenoxy) is 1. The largest absolute Gasteiger partial charge is 0.393 e. The molecule has 1 fully saturated rings. The van der Waals surface area contributed by atoms with Crippen molar-refractivity contribution in [3.63, 3.8) is 0 Å². The van der Waals surface area contributed by atoms with Gasteiger partial charge in [-0.25, -0.2) is 9.97 Å². The molecule has 0 amide bonds. The van der Waals surface area contributed by atoms with Gasteiger partial charge in [-0.05, 0) is 31.7 Å². The first kappa shape index (κ1) is 17.9. The highest BCUT2D eigenvalue weighted by Gasteiger charge is 2.21. The van der Waals surface area contributed by atoms with Crippen LogP contribution in [0.5, 0.6) is 0 Å². The quantitative estimate of drug-likeness (QED) is 0.499. The van der Waals surface area contributed by atoms with Crippen molar-refractivity contribution in [3.05, 3.63) is 42.1 Å². The molecule has 4 N–H and O–H groups in total. The highest BCUT2D eigenvalue weighted by molar-refractivity contribution is 5.89. The van der Waals surface area contributed by atoms with E-state index >= 15 is 0 Å². The maximum atomic E-state index is 9.75. The maximum absolute atomic E-state index is 9.75. The van der Waals surface area contributed by atoms with Crippen molar-refractivity contribution in [3.8, 4) is 11.4 Å². The molecule has 0 unspecified atom stereocenters. The van der Waals surface area contributed by atoms with E-state index in [9.17, 15) is 5.11 Å². The van der Waals surface area contributed by atoms with Gasteiger partial charge >= 0.3 is 0 Å². The molecule has 3 aromatic rings. The minimum Gasteiger partial charge on any atom is -0.393 e. The topological polar surface area (TPSA) is 103 Å². The van der Waals surface area contributed by atoms with E-state index in [0.717, 1.165) is 53.8 Å². The molecular weight excluding hydrogens is 344 g/mol. The first-order chi connectivity index (χ1) is 13.2. The Morgan fingerprint density at radius 2 is 1.89 bits per heavy atom. The average Bonchev–Trinajstić information content (AvgIpc) is 3.12. The molecular formula is C20H24N4O3. The summed E-state index contributed by atoms with van der Waals surface area (Å²) in [5.41, 5.74) is 2.52. The number of H-pyrrole nitrogens is 1. The van der Waals surface area contributed by atoms with Gasteiger partial charge in [-0.15, -0.1) is 0 Å². The Bertz CT molecular complexity index is 889. The standard InChI is InChI=1S/C20H24N4O3/c25-12-27-11-15-10-17-19(21-14-6-8-16(26)9-7-14)23-18(24-20(17)22-15)13-4-2-1-3-5-13/h1-5,10,14,16,25-26H,6-9,11-12H2,(H2,21,22,23,24). The van der Waals surface area contributed by atoms with E-state index in [-0.39, 0.29) is 25.5 Å². The van der Waals surface area contributed by atoms with Crippen LogP contribution < -0.4 is 5.32 Å². The van der Waals surface area contributed by atoms with Crippen LogP contribution >= 0.6 is 0 Å². The number of hydrogen-bond acceptors (Lipinski definition) is 6. The Morgan fingerprint density at radius 3 is 2.63 bits per heavy atom. The second-order valence-corrected chi connectivity index (χ2v) is 6.95. The Labute approximate surface area is 157 Å². The predicted molar refractivity (Wildman–Crippen MR) is 103 cm³/mol. The SMILES string of the molecule is OCOCc1cc2c(NC3CCC(O)CC3)nc(-c3ccccc3)nc2[nH]1. The van der Waals surface area contributed by atoms with Gasteiger partial charge in [-0.3, -0.25) is 0 Å². The van der Waals surface area contributed by atoms with Gasteiger partial charge in [0.2, 0.25) is 0 Å². The number of anilines is 1. The lowest BCUT2D eigenvalue weighted by molar-refractivity contribution is -0.0123. The molecule has 0 spiro atoms. The van der Waals surface area contributed by atoms with Gasteiger partial charge in [-0.1, -0.05) is 30.3 Å². The molecule has 0 bridgehead atoms. The van der Waals surface area contributed by atoms with Gasteiger partial charge in [0.15, 0.2) is 5.82 Å². The van der Waals surface area contributed by atoms with Crippen molar-refractivity contribution in [2.75, 3.05) is 12.1 Å². The summed E-state index contributed by atoms with van der Waals surface area (Å²) in [6.45, 7) is -0.0472. The van der Waals surface area contributed by atoms with Crippen LogP contribution in [-0.2, 0) is 11.3 Å². The number of benzene rings is 1. The van der Waals surface area contributed by atoms with Crippen LogP contribution in [-0.4, -0.2) is 44.1 Å². The van der Waals surface area contributed by atoms with E-state index in [1.807, 2.05) is 36.4 Å². The number of hydrogen-bond donors (Lipinski definition) is 4. The van der Waals surface area contributed by atoms with E-state index in [0.29, 0.717) is 5.82 Å². The molecule has 4 rings (SSSR count). The van der Waals surface area contributed by atoms with Gasteiger partial charge < -0.3 is 25.3 Å². The Balaban J connectivity index is 1.70. The van der Waals surface area contributed by atoms with Crippen LogP contribution in [0.4, 0.5) is 5.82 Å². The molecule has 1 aromatic carbocycles. The van der Waals surface area contributed by atoms with Crippen LogP contribution in [0.2, 0.25) is 0 Å². The van der Waals surface area contributed by atoms with Crippen LogP contribution in [0.1, 0.15) is 31.4 Å². The molecule has 27 heavy (non-hydrogen) atoms. The molecule has 1 aliphatic carbocycles. The van der Waals surface area contributed by atoms with Gasteiger partial charge in [-0.2, -0.15) is 0 Å². The molecule has 0 saturated heterocycles. The zero-order valence-electron chi connectivity index (χ0n) is 15.1. The lowest BCUT2D eigenvalue weighted by atomic mass is 9.93. The number of nitrogens with one attached hydrogen (secondary N) is 2. The fourth-order valence-electron chi connectivity index (χ4n) is 3.54. The minimum atomic E-state index is -0.328. The molecule has 142 valence electrons. The smallest absolute Gasteiger partial charge is 0.163 e. The van der Waals surface area contributed by atoms with E-state index in [1.54, 1.807) is 0 Å². The summed E-state index contributed by atoms with van der Waals surface area (Å²) in [6, 6.07) is 12.1. The molecule has 1 aliphatic rings. The number of fused-ring (bicyclic) bond motifs is 1.